The highest BCUT2D eigenvalue weighted by atomic mass is 16.7. The lowest BCUT2D eigenvalue weighted by atomic mass is 10.2. The number of carbonyl (C=O) groups is 1. The van der Waals surface area contributed by atoms with Crippen LogP contribution in [0, 0.1) is 24.2 Å². The van der Waals surface area contributed by atoms with Gasteiger partial charge in [-0.05, 0) is 20.8 Å². The molecule has 4 nitrogen and oxygen atoms in total. The van der Waals surface area contributed by atoms with E-state index in [0.717, 1.165) is 0 Å². The van der Waals surface area contributed by atoms with E-state index in [2.05, 4.69) is 22.5 Å². The minimum atomic E-state index is -0.773. The number of esters is 1. The Labute approximate surface area is 95.2 Å². The first kappa shape index (κ1) is 12.6. The van der Waals surface area contributed by atoms with Gasteiger partial charge in [0.15, 0.2) is 18.0 Å². The molecule has 1 aliphatic rings. The quantitative estimate of drug-likeness (QED) is 0.372. The van der Waals surface area contributed by atoms with E-state index >= 15 is 0 Å². The fourth-order valence-corrected chi connectivity index (χ4v) is 1.29. The largest absolute Gasteiger partial charge is 0.456 e. The van der Waals surface area contributed by atoms with Crippen molar-refractivity contribution >= 4 is 5.97 Å². The van der Waals surface area contributed by atoms with E-state index in [9.17, 15) is 4.79 Å². The van der Waals surface area contributed by atoms with Crippen molar-refractivity contribution in [2.45, 2.75) is 38.8 Å². The van der Waals surface area contributed by atoms with Crippen LogP contribution in [0.25, 0.3) is 0 Å². The summed E-state index contributed by atoms with van der Waals surface area (Å²) in [6.45, 7) is 5.48. The van der Waals surface area contributed by atoms with Gasteiger partial charge in [0.25, 0.3) is 0 Å². The molecule has 2 atom stereocenters. The van der Waals surface area contributed by atoms with E-state index < -0.39 is 24.0 Å². The molecular formula is C12H14O4. The summed E-state index contributed by atoms with van der Waals surface area (Å²) >= 11 is 0. The third kappa shape index (κ3) is 3.27. The zero-order chi connectivity index (χ0) is 12.2. The fourth-order valence-electron chi connectivity index (χ4n) is 1.29. The van der Waals surface area contributed by atoms with Crippen molar-refractivity contribution in [2.75, 3.05) is 6.61 Å². The minimum absolute atomic E-state index is 0.291. The molecule has 0 spiro atoms. The summed E-state index contributed by atoms with van der Waals surface area (Å²) in [6, 6.07) is 0. The average molecular weight is 222 g/mol. The molecule has 0 saturated carbocycles. The molecule has 0 aromatic rings. The van der Waals surface area contributed by atoms with Crippen LogP contribution in [-0.2, 0) is 19.0 Å². The van der Waals surface area contributed by atoms with Crippen LogP contribution in [0.2, 0.25) is 0 Å². The SMILES string of the molecule is C#C[C@H]1OC(C)(C)O[C@@H]1C#CC(=O)OCC. The number of carbonyl (C=O) groups excluding carboxylic acids is 1. The normalized spacial score (nSPS) is 26.4. The average Bonchev–Trinajstić information content (AvgIpc) is 2.51. The van der Waals surface area contributed by atoms with Crippen molar-refractivity contribution in [1.82, 2.24) is 0 Å². The van der Waals surface area contributed by atoms with Crippen molar-refractivity contribution in [3.05, 3.63) is 0 Å². The molecule has 16 heavy (non-hydrogen) atoms. The van der Waals surface area contributed by atoms with E-state index in [0.29, 0.717) is 6.61 Å². The van der Waals surface area contributed by atoms with E-state index in [1.807, 2.05) is 0 Å². The van der Waals surface area contributed by atoms with Crippen LogP contribution in [0.1, 0.15) is 20.8 Å². The van der Waals surface area contributed by atoms with Crippen molar-refractivity contribution in [2.24, 2.45) is 0 Å². The molecule has 1 heterocycles. The van der Waals surface area contributed by atoms with Gasteiger partial charge in [-0.1, -0.05) is 11.8 Å². The van der Waals surface area contributed by atoms with Crippen molar-refractivity contribution in [1.29, 1.82) is 0 Å². The Kier molecular flexibility index (Phi) is 3.95. The molecule has 0 N–H and O–H groups in total. The minimum Gasteiger partial charge on any atom is -0.456 e. The molecule has 0 aromatic carbocycles. The predicted molar refractivity (Wildman–Crippen MR) is 57.1 cm³/mol. The highest BCUT2D eigenvalue weighted by molar-refractivity contribution is 5.88. The first-order valence-electron chi connectivity index (χ1n) is 4.98. The Bertz CT molecular complexity index is 367. The molecule has 1 fully saturated rings. The maximum absolute atomic E-state index is 11.0. The van der Waals surface area contributed by atoms with E-state index in [1.54, 1.807) is 20.8 Å². The Balaban J connectivity index is 2.67. The van der Waals surface area contributed by atoms with Crippen molar-refractivity contribution in [3.63, 3.8) is 0 Å². The molecule has 1 rings (SSSR count). The lowest BCUT2D eigenvalue weighted by Gasteiger charge is -2.14. The summed E-state index contributed by atoms with van der Waals surface area (Å²) in [5, 5.41) is 0. The van der Waals surface area contributed by atoms with Gasteiger partial charge in [0.2, 0.25) is 0 Å². The van der Waals surface area contributed by atoms with Gasteiger partial charge < -0.3 is 14.2 Å². The molecule has 0 aromatic heterocycles. The molecule has 4 heteroatoms. The number of rotatable bonds is 1. The van der Waals surface area contributed by atoms with Crippen LogP contribution in [0.3, 0.4) is 0 Å². The van der Waals surface area contributed by atoms with Gasteiger partial charge in [-0.3, -0.25) is 0 Å². The van der Waals surface area contributed by atoms with E-state index in [1.165, 1.54) is 0 Å². The molecular weight excluding hydrogens is 208 g/mol. The third-order valence-electron chi connectivity index (χ3n) is 1.85. The summed E-state index contributed by atoms with van der Waals surface area (Å²) < 4.78 is 15.5. The molecule has 0 unspecified atom stereocenters. The van der Waals surface area contributed by atoms with E-state index in [-0.39, 0.29) is 0 Å². The highest BCUT2D eigenvalue weighted by Gasteiger charge is 2.39. The van der Waals surface area contributed by atoms with Crippen LogP contribution < -0.4 is 0 Å². The molecule has 0 bridgehead atoms. The molecule has 0 aliphatic carbocycles. The summed E-state index contributed by atoms with van der Waals surface area (Å²) in [7, 11) is 0. The second-order valence-corrected chi connectivity index (χ2v) is 3.63. The standard InChI is InChI=1S/C12H14O4/c1-5-9-10(16-12(3,4)15-9)7-8-11(13)14-6-2/h1,9-10H,6H2,2-4H3/t9-,10-/m1/s1. The zero-order valence-electron chi connectivity index (χ0n) is 9.57. The van der Waals surface area contributed by atoms with Crippen molar-refractivity contribution in [3.8, 4) is 24.2 Å². The van der Waals surface area contributed by atoms with Gasteiger partial charge in [0.1, 0.15) is 0 Å². The summed E-state index contributed by atoms with van der Waals surface area (Å²) in [6.07, 6.45) is 4.12. The van der Waals surface area contributed by atoms with Gasteiger partial charge in [-0.15, -0.1) is 6.42 Å². The topological polar surface area (TPSA) is 44.8 Å². The second-order valence-electron chi connectivity index (χ2n) is 3.63. The summed E-state index contributed by atoms with van der Waals surface area (Å²) in [5.74, 6) is 5.98. The molecule has 0 radical (unpaired) electrons. The first-order valence-corrected chi connectivity index (χ1v) is 4.98. The molecule has 0 amide bonds. The van der Waals surface area contributed by atoms with E-state index in [4.69, 9.17) is 15.9 Å². The van der Waals surface area contributed by atoms with Crippen LogP contribution in [-0.4, -0.2) is 30.6 Å². The van der Waals surface area contributed by atoms with Crippen molar-refractivity contribution < 1.29 is 19.0 Å². The highest BCUT2D eigenvalue weighted by Crippen LogP contribution is 2.27. The van der Waals surface area contributed by atoms with Gasteiger partial charge in [-0.2, -0.15) is 0 Å². The molecule has 1 aliphatic heterocycles. The van der Waals surface area contributed by atoms with Gasteiger partial charge in [0, 0.05) is 5.92 Å². The Morgan fingerprint density at radius 1 is 1.44 bits per heavy atom. The summed E-state index contributed by atoms with van der Waals surface area (Å²) in [4.78, 5) is 11.0. The predicted octanol–water partition coefficient (Wildman–Crippen LogP) is 0.706. The van der Waals surface area contributed by atoms with Crippen LogP contribution in [0.15, 0.2) is 0 Å². The zero-order valence-corrected chi connectivity index (χ0v) is 9.57. The maximum atomic E-state index is 11.0. The number of ether oxygens (including phenoxy) is 3. The van der Waals surface area contributed by atoms with Gasteiger partial charge >= 0.3 is 5.97 Å². The fraction of sp³-hybridized carbons (Fsp3) is 0.583. The number of hydrogen-bond acceptors (Lipinski definition) is 4. The first-order chi connectivity index (χ1) is 7.48. The van der Waals surface area contributed by atoms with Crippen LogP contribution in [0.4, 0.5) is 0 Å². The van der Waals surface area contributed by atoms with Crippen LogP contribution >= 0.6 is 0 Å². The Morgan fingerprint density at radius 2 is 2.06 bits per heavy atom. The molecule has 86 valence electrons. The smallest absolute Gasteiger partial charge is 0.384 e. The monoisotopic (exact) mass is 222 g/mol. The Morgan fingerprint density at radius 3 is 2.62 bits per heavy atom. The maximum Gasteiger partial charge on any atom is 0.384 e. The third-order valence-corrected chi connectivity index (χ3v) is 1.85. The summed E-state index contributed by atoms with van der Waals surface area (Å²) in [5.41, 5.74) is 0. The van der Waals surface area contributed by atoms with Crippen LogP contribution in [0.5, 0.6) is 0 Å². The number of hydrogen-bond donors (Lipinski definition) is 0. The van der Waals surface area contributed by atoms with Gasteiger partial charge in [-0.25, -0.2) is 4.79 Å². The second kappa shape index (κ2) is 5.03. The lowest BCUT2D eigenvalue weighted by molar-refractivity contribution is -0.138. The lowest BCUT2D eigenvalue weighted by Crippen LogP contribution is -2.21. The Hall–Kier alpha value is -1.49. The molecule has 1 saturated heterocycles. The van der Waals surface area contributed by atoms with Gasteiger partial charge in [0.05, 0.1) is 6.61 Å². The number of terminal acetylenes is 1.